The summed E-state index contributed by atoms with van der Waals surface area (Å²) in [4.78, 5) is 0.458. The average Bonchev–Trinajstić information content (AvgIpc) is 1.87. The van der Waals surface area contributed by atoms with E-state index in [0.29, 0.717) is 4.89 Å². The van der Waals surface area contributed by atoms with Crippen molar-refractivity contribution in [3.8, 4) is 0 Å². The highest BCUT2D eigenvalue weighted by Crippen LogP contribution is 1.45. The number of hydrogen-bond donors (Lipinski definition) is 1. The van der Waals surface area contributed by atoms with Crippen LogP contribution in [-0.4, -0.2) is 19.6 Å². The second-order valence-corrected chi connectivity index (χ2v) is 1.62. The van der Waals surface area contributed by atoms with Crippen LogP contribution in [0.1, 0.15) is 20.8 Å². The van der Waals surface area contributed by atoms with Crippen LogP contribution in [0.25, 0.3) is 0 Å². The third-order valence-electron chi connectivity index (χ3n) is 1.34. The van der Waals surface area contributed by atoms with Gasteiger partial charge in [0.1, 0.15) is 0 Å². The Labute approximate surface area is 47.8 Å². The standard InChI is InChI=1S/C6H15N/c1-4-7(5-2)6-3/h4-6H2,1-3H3/p+1/i/hD. The van der Waals surface area contributed by atoms with Crippen molar-refractivity contribution < 1.29 is 6.30 Å². The van der Waals surface area contributed by atoms with Gasteiger partial charge in [-0.1, -0.05) is 0 Å². The van der Waals surface area contributed by atoms with E-state index in [2.05, 4.69) is 20.8 Å². The van der Waals surface area contributed by atoms with Crippen molar-refractivity contribution >= 4 is 0 Å². The van der Waals surface area contributed by atoms with E-state index in [9.17, 15) is 0 Å². The Kier molecular flexibility index (Phi) is 3.01. The van der Waals surface area contributed by atoms with E-state index in [1.165, 1.54) is 0 Å². The molecule has 0 aromatic carbocycles. The fourth-order valence-electron chi connectivity index (χ4n) is 0.671. The molecule has 7 heavy (non-hydrogen) atoms. The molecule has 1 heteroatoms. The van der Waals surface area contributed by atoms with E-state index in [1.54, 1.807) is 0 Å². The molecule has 0 amide bonds. The lowest BCUT2D eigenvalue weighted by molar-refractivity contribution is -0.894. The van der Waals surface area contributed by atoms with Crippen LogP contribution in [0, 0.1) is 0 Å². The Morgan fingerprint density at radius 2 is 1.43 bits per heavy atom. The summed E-state index contributed by atoms with van der Waals surface area (Å²) in [6.45, 7) is 8.94. The molecule has 0 atom stereocenters. The van der Waals surface area contributed by atoms with E-state index in [1.807, 2.05) is 0 Å². The minimum Gasteiger partial charge on any atom is -0.336 e. The Hall–Kier alpha value is -0.0400. The van der Waals surface area contributed by atoms with Gasteiger partial charge < -0.3 is 4.89 Å². The van der Waals surface area contributed by atoms with Gasteiger partial charge in [-0.15, -0.1) is 0 Å². The molecule has 0 aromatic rings. The molecule has 0 fully saturated rings. The Balaban J connectivity index is 3.58. The highest BCUT2D eigenvalue weighted by Gasteiger charge is 1.92. The molecule has 44 valence electrons. The van der Waals surface area contributed by atoms with Gasteiger partial charge in [0.15, 0.2) is 0 Å². The summed E-state index contributed by atoms with van der Waals surface area (Å²) in [6.07, 6.45) is 0. The molecule has 0 aromatic heterocycles. The van der Waals surface area contributed by atoms with Crippen molar-refractivity contribution in [2.75, 3.05) is 19.6 Å². The van der Waals surface area contributed by atoms with Gasteiger partial charge in [-0.05, 0) is 20.8 Å². The third-order valence-corrected chi connectivity index (χ3v) is 1.34. The lowest BCUT2D eigenvalue weighted by atomic mass is 10.5. The number of rotatable bonds is 3. The largest absolute Gasteiger partial charge is 0.348 e. The molecule has 0 aliphatic heterocycles. The maximum atomic E-state index is 7.60. The summed E-state index contributed by atoms with van der Waals surface area (Å²) in [7, 11) is 0. The molecule has 0 saturated carbocycles. The third kappa shape index (κ3) is 2.63. The number of quaternary nitrogens is 1. The zero-order valence-corrected chi connectivity index (χ0v) is 5.57. The fraction of sp³-hybridized carbons (Fsp3) is 1.00. The molecule has 0 aliphatic rings. The molecule has 0 aliphatic carbocycles. The molecule has 0 radical (unpaired) electrons. The highest BCUT2D eigenvalue weighted by molar-refractivity contribution is 4.11. The minimum absolute atomic E-state index is 0.458. The van der Waals surface area contributed by atoms with Crippen LogP contribution in [0.5, 0.6) is 0 Å². The predicted molar refractivity (Wildman–Crippen MR) is 32.6 cm³/mol. The van der Waals surface area contributed by atoms with Gasteiger partial charge in [0, 0.05) is 0 Å². The van der Waals surface area contributed by atoms with Crippen molar-refractivity contribution in [3.63, 3.8) is 0 Å². The average molecular weight is 103 g/mol. The summed E-state index contributed by atoms with van der Waals surface area (Å²) in [5.41, 5.74) is 0. The molecule has 0 heterocycles. The van der Waals surface area contributed by atoms with E-state index >= 15 is 0 Å². The summed E-state index contributed by atoms with van der Waals surface area (Å²) in [6, 6.07) is 0. The van der Waals surface area contributed by atoms with Gasteiger partial charge in [0.25, 0.3) is 0 Å². The molecule has 1 N–H and O–H groups in total. The van der Waals surface area contributed by atoms with Crippen molar-refractivity contribution in [2.24, 2.45) is 0 Å². The summed E-state index contributed by atoms with van der Waals surface area (Å²) in [5, 5.41) is 0. The van der Waals surface area contributed by atoms with Crippen LogP contribution < -0.4 is 4.89 Å². The topological polar surface area (TPSA) is 4.44 Å². The van der Waals surface area contributed by atoms with E-state index in [4.69, 9.17) is 1.41 Å². The maximum absolute atomic E-state index is 7.60. The van der Waals surface area contributed by atoms with E-state index in [-0.39, 0.29) is 0 Å². The summed E-state index contributed by atoms with van der Waals surface area (Å²) in [5.74, 6) is 0. The molecule has 1 nitrogen and oxygen atoms in total. The molecule has 0 saturated heterocycles. The minimum atomic E-state index is 0.458. The number of nitrogens with one attached hydrogen (secondary N) is 1. The quantitative estimate of drug-likeness (QED) is 0.510. The van der Waals surface area contributed by atoms with Crippen molar-refractivity contribution in [2.45, 2.75) is 20.8 Å². The van der Waals surface area contributed by atoms with Gasteiger partial charge in [-0.3, -0.25) is 0 Å². The van der Waals surface area contributed by atoms with E-state index in [0.717, 1.165) is 19.6 Å². The zero-order valence-electron chi connectivity index (χ0n) is 6.57. The monoisotopic (exact) mass is 103 g/mol. The van der Waals surface area contributed by atoms with Gasteiger partial charge in [-0.25, -0.2) is 0 Å². The first kappa shape index (κ1) is 5.10. The van der Waals surface area contributed by atoms with E-state index < -0.39 is 0 Å². The van der Waals surface area contributed by atoms with Crippen LogP contribution >= 0.6 is 0 Å². The molecular weight excluding hydrogens is 86.1 g/mol. The smallest absolute Gasteiger partial charge is 0.336 e. The maximum Gasteiger partial charge on any atom is 0.348 e. The van der Waals surface area contributed by atoms with Crippen LogP contribution in [-0.2, 0) is 0 Å². The molecule has 0 unspecified atom stereocenters. The van der Waals surface area contributed by atoms with Crippen LogP contribution in [0.3, 0.4) is 0 Å². The van der Waals surface area contributed by atoms with Crippen LogP contribution in [0.2, 0.25) is 1.41 Å². The zero-order chi connectivity index (χ0) is 6.62. The van der Waals surface area contributed by atoms with Gasteiger partial charge in [0.05, 0.1) is 19.6 Å². The fourth-order valence-corrected chi connectivity index (χ4v) is 0.671. The van der Waals surface area contributed by atoms with Crippen molar-refractivity contribution in [1.29, 1.82) is 0 Å². The lowest BCUT2D eigenvalue weighted by Gasteiger charge is -2.10. The first-order valence-electron chi connectivity index (χ1n) is 3.52. The molecule has 0 rings (SSSR count). The Bertz CT molecular complexity index is 51.3. The molecular formula is C6H16N+. The SMILES string of the molecule is [2H][N+](CC)(CC)CC. The lowest BCUT2D eigenvalue weighted by Crippen LogP contribution is -3.11. The summed E-state index contributed by atoms with van der Waals surface area (Å²) < 4.78 is 7.60. The van der Waals surface area contributed by atoms with Gasteiger partial charge in [0.2, 0.25) is 0 Å². The summed E-state index contributed by atoms with van der Waals surface area (Å²) >= 11 is 0. The molecule has 0 spiro atoms. The predicted octanol–water partition coefficient (Wildman–Crippen LogP) is -0.0690. The second-order valence-electron chi connectivity index (χ2n) is 1.62. The normalized spacial score (nSPS) is 13.9. The Morgan fingerprint density at radius 1 is 1.14 bits per heavy atom. The van der Waals surface area contributed by atoms with Crippen LogP contribution in [0.4, 0.5) is 0 Å². The van der Waals surface area contributed by atoms with Gasteiger partial charge in [-0.2, -0.15) is 0 Å². The van der Waals surface area contributed by atoms with Crippen LogP contribution in [0.15, 0.2) is 0 Å². The Morgan fingerprint density at radius 3 is 1.43 bits per heavy atom. The first-order valence-corrected chi connectivity index (χ1v) is 3.07. The molecule has 0 bridgehead atoms. The second kappa shape index (κ2) is 4.13. The number of hydrogen-bond acceptors (Lipinski definition) is 0. The highest BCUT2D eigenvalue weighted by atomic mass is 15.1. The van der Waals surface area contributed by atoms with Crippen molar-refractivity contribution in [1.82, 2.24) is 0 Å². The first-order chi connectivity index (χ1) is 3.68. The van der Waals surface area contributed by atoms with Gasteiger partial charge >= 0.3 is 1.41 Å². The van der Waals surface area contributed by atoms with Crippen molar-refractivity contribution in [3.05, 3.63) is 0 Å².